The van der Waals surface area contributed by atoms with Crippen molar-refractivity contribution >= 4 is 17.1 Å². The van der Waals surface area contributed by atoms with Crippen molar-refractivity contribution in [1.29, 1.82) is 5.26 Å². The van der Waals surface area contributed by atoms with Crippen molar-refractivity contribution in [1.82, 2.24) is 9.55 Å². The average Bonchev–Trinajstić information content (AvgIpc) is 2.92. The molecule has 0 saturated heterocycles. The van der Waals surface area contributed by atoms with Crippen molar-refractivity contribution in [2.45, 2.75) is 13.5 Å². The molecule has 0 atom stereocenters. The highest BCUT2D eigenvalue weighted by atomic mass is 16.5. The molecular weight excluding hydrogens is 294 g/mol. The van der Waals surface area contributed by atoms with Crippen molar-refractivity contribution in [2.24, 2.45) is 0 Å². The Morgan fingerprint density at radius 2 is 2.13 bits per heavy atom. The molecule has 1 aliphatic rings. The molecule has 0 bridgehead atoms. The summed E-state index contributed by atoms with van der Waals surface area (Å²) in [7, 11) is 0. The third kappa shape index (κ3) is 2.53. The van der Waals surface area contributed by atoms with Gasteiger partial charge in [0.05, 0.1) is 13.2 Å². The summed E-state index contributed by atoms with van der Waals surface area (Å²) in [6.07, 6.45) is 1.41. The zero-order chi connectivity index (χ0) is 16.4. The molecule has 0 N–H and O–H groups in total. The fourth-order valence-electron chi connectivity index (χ4n) is 2.54. The lowest BCUT2D eigenvalue weighted by Gasteiger charge is -2.06. The van der Waals surface area contributed by atoms with Gasteiger partial charge in [-0.25, -0.2) is 4.79 Å². The zero-order valence-corrected chi connectivity index (χ0v) is 12.4. The fraction of sp³-hybridized carbons (Fsp3) is 0.176. The summed E-state index contributed by atoms with van der Waals surface area (Å²) in [5.74, 6) is -0.420. The van der Waals surface area contributed by atoms with E-state index in [1.54, 1.807) is 11.5 Å². The number of hydrogen-bond acceptors (Lipinski definition) is 5. The van der Waals surface area contributed by atoms with E-state index in [0.717, 1.165) is 11.1 Å². The monoisotopic (exact) mass is 307 g/mol. The van der Waals surface area contributed by atoms with Gasteiger partial charge in [0.2, 0.25) is 0 Å². The number of aromatic nitrogens is 2. The van der Waals surface area contributed by atoms with Crippen LogP contribution in [0.1, 0.15) is 28.7 Å². The van der Waals surface area contributed by atoms with Crippen molar-refractivity contribution in [3.8, 4) is 6.07 Å². The van der Waals surface area contributed by atoms with E-state index in [1.807, 2.05) is 30.3 Å². The second kappa shape index (κ2) is 5.89. The summed E-state index contributed by atoms with van der Waals surface area (Å²) in [6.45, 7) is 2.22. The first-order chi connectivity index (χ1) is 11.2. The van der Waals surface area contributed by atoms with E-state index >= 15 is 0 Å². The minimum atomic E-state index is -0.702. The molecule has 1 aromatic heterocycles. The van der Waals surface area contributed by atoms with Crippen LogP contribution in [0.2, 0.25) is 0 Å². The quantitative estimate of drug-likeness (QED) is 0.808. The molecule has 0 fully saturated rings. The van der Waals surface area contributed by atoms with Gasteiger partial charge in [-0.2, -0.15) is 10.2 Å². The van der Waals surface area contributed by atoms with Crippen molar-refractivity contribution < 1.29 is 9.53 Å². The summed E-state index contributed by atoms with van der Waals surface area (Å²) < 4.78 is 6.50. The lowest BCUT2D eigenvalue weighted by Crippen LogP contribution is -2.23. The fourth-order valence-corrected chi connectivity index (χ4v) is 2.54. The first kappa shape index (κ1) is 14.7. The van der Waals surface area contributed by atoms with Gasteiger partial charge in [0.25, 0.3) is 5.56 Å². The van der Waals surface area contributed by atoms with E-state index < -0.39 is 11.5 Å². The Morgan fingerprint density at radius 3 is 2.78 bits per heavy atom. The van der Waals surface area contributed by atoms with E-state index in [4.69, 9.17) is 4.74 Å². The number of fused-ring (bicyclic) bond motifs is 1. The van der Waals surface area contributed by atoms with Crippen LogP contribution in [0.15, 0.2) is 41.3 Å². The van der Waals surface area contributed by atoms with Crippen LogP contribution >= 0.6 is 0 Å². The summed E-state index contributed by atoms with van der Waals surface area (Å²) in [5, 5.41) is 9.44. The normalized spacial score (nSPS) is 12.7. The molecule has 1 aliphatic heterocycles. The third-order valence-electron chi connectivity index (χ3n) is 3.58. The van der Waals surface area contributed by atoms with Gasteiger partial charge in [0.15, 0.2) is 5.82 Å². The topological polar surface area (TPSA) is 85.0 Å². The van der Waals surface area contributed by atoms with E-state index in [9.17, 15) is 14.9 Å². The molecule has 0 aliphatic carbocycles. The summed E-state index contributed by atoms with van der Waals surface area (Å²) >= 11 is 0. The highest BCUT2D eigenvalue weighted by molar-refractivity contribution is 5.98. The van der Waals surface area contributed by atoms with E-state index in [0.29, 0.717) is 12.1 Å². The predicted molar refractivity (Wildman–Crippen MR) is 83.3 cm³/mol. The molecule has 2 heterocycles. The lowest BCUT2D eigenvalue weighted by atomic mass is 10.0. The highest BCUT2D eigenvalue weighted by Crippen LogP contribution is 2.32. The number of allylic oxidation sites excluding steroid dienone is 2. The highest BCUT2D eigenvalue weighted by Gasteiger charge is 2.26. The Bertz CT molecular complexity index is 905. The van der Waals surface area contributed by atoms with Crippen LogP contribution in [0.25, 0.3) is 11.1 Å². The maximum absolute atomic E-state index is 12.0. The van der Waals surface area contributed by atoms with Crippen LogP contribution in [0.3, 0.4) is 0 Å². The number of nitrogens with zero attached hydrogens (tertiary/aromatic N) is 3. The second-order valence-corrected chi connectivity index (χ2v) is 4.96. The minimum Gasteiger partial charge on any atom is -0.462 e. The molecule has 114 valence electrons. The molecule has 6 nitrogen and oxygen atoms in total. The smallest absolute Gasteiger partial charge is 0.345 e. The molecule has 0 saturated carbocycles. The Morgan fingerprint density at radius 1 is 1.39 bits per heavy atom. The van der Waals surface area contributed by atoms with Crippen molar-refractivity contribution in [2.75, 3.05) is 6.61 Å². The van der Waals surface area contributed by atoms with Crippen LogP contribution in [0.5, 0.6) is 0 Å². The average molecular weight is 307 g/mol. The molecule has 1 aromatic carbocycles. The summed E-state index contributed by atoms with van der Waals surface area (Å²) in [6, 6.07) is 11.5. The van der Waals surface area contributed by atoms with Crippen LogP contribution in [0.4, 0.5) is 0 Å². The van der Waals surface area contributed by atoms with Gasteiger partial charge < -0.3 is 9.30 Å². The number of carbonyl (C=O) groups excluding carboxylic acids is 1. The van der Waals surface area contributed by atoms with Gasteiger partial charge in [-0.1, -0.05) is 30.3 Å². The van der Waals surface area contributed by atoms with E-state index in [-0.39, 0.29) is 18.0 Å². The maximum atomic E-state index is 12.0. The molecule has 2 aromatic rings. The van der Waals surface area contributed by atoms with E-state index in [2.05, 4.69) is 11.1 Å². The maximum Gasteiger partial charge on any atom is 0.345 e. The zero-order valence-electron chi connectivity index (χ0n) is 12.4. The number of hydrogen-bond donors (Lipinski definition) is 0. The Labute approximate surface area is 132 Å². The van der Waals surface area contributed by atoms with Gasteiger partial charge in [-0.15, -0.1) is 0 Å². The molecule has 0 unspecified atom stereocenters. The Kier molecular flexibility index (Phi) is 3.77. The standard InChI is InChI=1S/C17H13N3O3/c1-2-23-17(22)14-10-20-9-13(11-6-4-3-5-7-11)12(8-18)15(20)19-16(14)21/h3-7,10H,2,9H2,1H3. The van der Waals surface area contributed by atoms with Gasteiger partial charge in [-0.3, -0.25) is 4.79 Å². The number of esters is 1. The van der Waals surface area contributed by atoms with Crippen LogP contribution in [-0.2, 0) is 11.3 Å². The number of carbonyl (C=O) groups is 1. The van der Waals surface area contributed by atoms with Gasteiger partial charge in [0, 0.05) is 11.8 Å². The first-order valence-electron chi connectivity index (χ1n) is 7.13. The van der Waals surface area contributed by atoms with Crippen LogP contribution in [-0.4, -0.2) is 22.1 Å². The molecule has 0 amide bonds. The summed E-state index contributed by atoms with van der Waals surface area (Å²) in [5.41, 5.74) is 1.21. The molecule has 23 heavy (non-hydrogen) atoms. The van der Waals surface area contributed by atoms with Crippen molar-refractivity contribution in [3.63, 3.8) is 0 Å². The van der Waals surface area contributed by atoms with Gasteiger partial charge in [-0.05, 0) is 12.5 Å². The number of rotatable bonds is 3. The first-order valence-corrected chi connectivity index (χ1v) is 7.13. The lowest BCUT2D eigenvalue weighted by molar-refractivity contribution is 0.0523. The predicted octanol–water partition coefficient (Wildman–Crippen LogP) is 1.87. The SMILES string of the molecule is CCOC(=O)c1cn2c(nc1=O)C(C#N)=C(c1ccccc1)C2. The number of ether oxygens (including phenoxy) is 1. The molecular formula is C17H13N3O3. The number of benzene rings is 1. The minimum absolute atomic E-state index is 0.123. The van der Waals surface area contributed by atoms with Crippen LogP contribution < -0.4 is 5.56 Å². The van der Waals surface area contributed by atoms with Gasteiger partial charge >= 0.3 is 5.97 Å². The molecule has 6 heteroatoms. The van der Waals surface area contributed by atoms with Crippen LogP contribution in [0, 0.1) is 11.3 Å². The Hall–Kier alpha value is -3.20. The molecule has 0 spiro atoms. The summed E-state index contributed by atoms with van der Waals surface area (Å²) in [4.78, 5) is 27.8. The Balaban J connectivity index is 2.10. The van der Waals surface area contributed by atoms with E-state index in [1.165, 1.54) is 6.20 Å². The largest absolute Gasteiger partial charge is 0.462 e. The number of nitriles is 1. The third-order valence-corrected chi connectivity index (χ3v) is 3.58. The molecule has 0 radical (unpaired) electrons. The van der Waals surface area contributed by atoms with Crippen molar-refractivity contribution in [3.05, 3.63) is 63.8 Å². The second-order valence-electron chi connectivity index (χ2n) is 4.96. The van der Waals surface area contributed by atoms with Gasteiger partial charge in [0.1, 0.15) is 17.2 Å². The molecule has 3 rings (SSSR count).